The maximum Gasteiger partial charge on any atom is 0.343 e. The van der Waals surface area contributed by atoms with Gasteiger partial charge in [-0.25, -0.2) is 4.79 Å². The largest absolute Gasteiger partial charge is 0.493 e. The van der Waals surface area contributed by atoms with Crippen molar-refractivity contribution in [2.24, 2.45) is 0 Å². The van der Waals surface area contributed by atoms with Crippen LogP contribution in [0.15, 0.2) is 36.4 Å². The van der Waals surface area contributed by atoms with Crippen LogP contribution < -0.4 is 9.47 Å². The molecule has 130 valence electrons. The Hall–Kier alpha value is -2.53. The van der Waals surface area contributed by atoms with Crippen LogP contribution >= 0.6 is 0 Å². The summed E-state index contributed by atoms with van der Waals surface area (Å²) >= 11 is 0. The molecule has 5 nitrogen and oxygen atoms in total. The summed E-state index contributed by atoms with van der Waals surface area (Å²) in [5, 5.41) is 0. The van der Waals surface area contributed by atoms with Crippen molar-refractivity contribution in [2.75, 3.05) is 27.8 Å². The first-order valence-corrected chi connectivity index (χ1v) is 8.39. The van der Waals surface area contributed by atoms with Gasteiger partial charge in [-0.1, -0.05) is 30.3 Å². The molecule has 0 saturated heterocycles. The van der Waals surface area contributed by atoms with Crippen LogP contribution in [0.1, 0.15) is 39.2 Å². The monoisotopic (exact) mass is 339 g/mol. The molecule has 0 radical (unpaired) electrons. The minimum absolute atomic E-state index is 0.00625. The molecule has 0 amide bonds. The van der Waals surface area contributed by atoms with E-state index < -0.39 is 0 Å². The Morgan fingerprint density at radius 3 is 2.64 bits per heavy atom. The molecule has 2 aromatic rings. The number of ether oxygens (including phenoxy) is 3. The van der Waals surface area contributed by atoms with Gasteiger partial charge in [0.1, 0.15) is 11.7 Å². The van der Waals surface area contributed by atoms with Gasteiger partial charge in [0, 0.05) is 12.1 Å². The van der Waals surface area contributed by atoms with Crippen LogP contribution in [-0.4, -0.2) is 38.7 Å². The number of carbonyl (C=O) groups is 1. The van der Waals surface area contributed by atoms with Crippen LogP contribution in [0, 0.1) is 0 Å². The van der Waals surface area contributed by atoms with E-state index in [1.54, 1.807) is 14.2 Å². The van der Waals surface area contributed by atoms with E-state index in [0.717, 1.165) is 18.5 Å². The molecule has 2 aliphatic rings. The van der Waals surface area contributed by atoms with Gasteiger partial charge in [-0.2, -0.15) is 0 Å². The summed E-state index contributed by atoms with van der Waals surface area (Å²) in [6.07, 6.45) is 0.650. The van der Waals surface area contributed by atoms with Crippen molar-refractivity contribution < 1.29 is 19.0 Å². The second-order valence-corrected chi connectivity index (χ2v) is 6.47. The standard InChI is InChI=1S/C20H21NO4/c1-21-11-10-12-6-4-5-7-13(12)17(21)18-14-8-9-15(23-2)19(24-3)16(14)20(22)25-18/h4-9,17-18H,10-11H2,1-3H3/t17-,18+/m0/s1. The van der Waals surface area contributed by atoms with Crippen molar-refractivity contribution in [1.29, 1.82) is 0 Å². The lowest BCUT2D eigenvalue weighted by Gasteiger charge is -2.37. The van der Waals surface area contributed by atoms with Crippen LogP contribution in [0.5, 0.6) is 11.5 Å². The molecule has 2 aliphatic heterocycles. The fourth-order valence-corrected chi connectivity index (χ4v) is 3.98. The Bertz CT molecular complexity index is 832. The Kier molecular flexibility index (Phi) is 3.88. The minimum atomic E-state index is -0.354. The third kappa shape index (κ3) is 2.38. The van der Waals surface area contributed by atoms with Gasteiger partial charge in [-0.3, -0.25) is 4.90 Å². The van der Waals surface area contributed by atoms with Gasteiger partial charge < -0.3 is 14.2 Å². The maximum atomic E-state index is 12.6. The molecule has 2 aromatic carbocycles. The predicted octanol–water partition coefficient (Wildman–Crippen LogP) is 3.14. The lowest BCUT2D eigenvalue weighted by atomic mass is 9.86. The third-order valence-corrected chi connectivity index (χ3v) is 5.19. The lowest BCUT2D eigenvalue weighted by Crippen LogP contribution is -2.35. The van der Waals surface area contributed by atoms with Crippen LogP contribution in [-0.2, 0) is 11.2 Å². The smallest absolute Gasteiger partial charge is 0.343 e. The highest BCUT2D eigenvalue weighted by atomic mass is 16.6. The van der Waals surface area contributed by atoms with Gasteiger partial charge in [-0.05, 0) is 30.7 Å². The zero-order valence-corrected chi connectivity index (χ0v) is 14.6. The number of carbonyl (C=O) groups excluding carboxylic acids is 1. The van der Waals surface area contributed by atoms with Gasteiger partial charge in [0.2, 0.25) is 0 Å². The van der Waals surface area contributed by atoms with E-state index in [2.05, 4.69) is 30.1 Å². The summed E-state index contributed by atoms with van der Waals surface area (Å²) in [5.41, 5.74) is 3.87. The highest BCUT2D eigenvalue weighted by Crippen LogP contribution is 2.49. The highest BCUT2D eigenvalue weighted by Gasteiger charge is 2.43. The van der Waals surface area contributed by atoms with E-state index in [1.165, 1.54) is 11.1 Å². The van der Waals surface area contributed by atoms with Gasteiger partial charge in [0.05, 0.1) is 20.3 Å². The topological polar surface area (TPSA) is 48.0 Å². The van der Waals surface area contributed by atoms with E-state index in [9.17, 15) is 4.79 Å². The van der Waals surface area contributed by atoms with Crippen LogP contribution in [0.4, 0.5) is 0 Å². The summed E-state index contributed by atoms with van der Waals surface area (Å²) in [5.74, 6) is 0.628. The highest BCUT2D eigenvalue weighted by molar-refractivity contribution is 5.98. The number of nitrogens with zero attached hydrogens (tertiary/aromatic N) is 1. The Morgan fingerprint density at radius 2 is 1.88 bits per heavy atom. The predicted molar refractivity (Wildman–Crippen MR) is 93.2 cm³/mol. The van der Waals surface area contributed by atoms with Crippen molar-refractivity contribution in [3.05, 3.63) is 58.7 Å². The third-order valence-electron chi connectivity index (χ3n) is 5.19. The Balaban J connectivity index is 1.84. The number of esters is 1. The number of benzene rings is 2. The van der Waals surface area contributed by atoms with Crippen LogP contribution in [0.2, 0.25) is 0 Å². The van der Waals surface area contributed by atoms with Gasteiger partial charge >= 0.3 is 5.97 Å². The Labute approximate surface area is 147 Å². The van der Waals surface area contributed by atoms with E-state index in [-0.39, 0.29) is 18.1 Å². The number of cyclic esters (lactones) is 1. The molecule has 5 heteroatoms. The summed E-state index contributed by atoms with van der Waals surface area (Å²) in [4.78, 5) is 14.9. The fraction of sp³-hybridized carbons (Fsp3) is 0.350. The number of fused-ring (bicyclic) bond motifs is 2. The molecule has 0 bridgehead atoms. The van der Waals surface area contributed by atoms with Crippen molar-refractivity contribution in [3.8, 4) is 11.5 Å². The molecule has 0 spiro atoms. The molecule has 0 aliphatic carbocycles. The second kappa shape index (κ2) is 6.08. The average Bonchev–Trinajstić information content (AvgIpc) is 2.97. The van der Waals surface area contributed by atoms with E-state index in [1.807, 2.05) is 18.2 Å². The molecule has 0 fully saturated rings. The van der Waals surface area contributed by atoms with Crippen LogP contribution in [0.25, 0.3) is 0 Å². The van der Waals surface area contributed by atoms with Crippen molar-refractivity contribution in [1.82, 2.24) is 4.90 Å². The van der Waals surface area contributed by atoms with Crippen molar-refractivity contribution >= 4 is 5.97 Å². The van der Waals surface area contributed by atoms with E-state index in [4.69, 9.17) is 14.2 Å². The zero-order chi connectivity index (χ0) is 17.6. The molecular formula is C20H21NO4. The van der Waals surface area contributed by atoms with Gasteiger partial charge in [-0.15, -0.1) is 0 Å². The first-order chi connectivity index (χ1) is 12.2. The fourth-order valence-electron chi connectivity index (χ4n) is 3.98. The molecule has 2 heterocycles. The van der Waals surface area contributed by atoms with E-state index >= 15 is 0 Å². The molecule has 0 saturated carbocycles. The quantitative estimate of drug-likeness (QED) is 0.804. The summed E-state index contributed by atoms with van der Waals surface area (Å²) in [6, 6.07) is 12.1. The molecule has 25 heavy (non-hydrogen) atoms. The molecule has 0 aromatic heterocycles. The maximum absolute atomic E-state index is 12.6. The number of hydrogen-bond donors (Lipinski definition) is 0. The Morgan fingerprint density at radius 1 is 1.08 bits per heavy atom. The normalized spacial score (nSPS) is 22.1. The molecule has 2 atom stereocenters. The lowest BCUT2D eigenvalue weighted by molar-refractivity contribution is 0.00938. The zero-order valence-electron chi connectivity index (χ0n) is 14.6. The second-order valence-electron chi connectivity index (χ2n) is 6.47. The number of hydrogen-bond acceptors (Lipinski definition) is 5. The molecule has 4 rings (SSSR count). The first-order valence-electron chi connectivity index (χ1n) is 8.39. The average molecular weight is 339 g/mol. The number of methoxy groups -OCH3 is 2. The summed E-state index contributed by atoms with van der Waals surface area (Å²) in [6.45, 7) is 0.929. The number of rotatable bonds is 3. The molecular weight excluding hydrogens is 318 g/mol. The summed E-state index contributed by atoms with van der Waals surface area (Å²) in [7, 11) is 5.18. The van der Waals surface area contributed by atoms with Gasteiger partial charge in [0.25, 0.3) is 0 Å². The van der Waals surface area contributed by atoms with E-state index in [0.29, 0.717) is 17.1 Å². The van der Waals surface area contributed by atoms with Crippen molar-refractivity contribution in [3.63, 3.8) is 0 Å². The molecule has 0 unspecified atom stereocenters. The van der Waals surface area contributed by atoms with Gasteiger partial charge in [0.15, 0.2) is 11.5 Å². The minimum Gasteiger partial charge on any atom is -0.493 e. The van der Waals surface area contributed by atoms with Crippen molar-refractivity contribution in [2.45, 2.75) is 18.6 Å². The van der Waals surface area contributed by atoms with Crippen LogP contribution in [0.3, 0.4) is 0 Å². The number of likely N-dealkylation sites (N-methyl/N-ethyl adjacent to an activating group) is 1. The SMILES string of the molecule is COc1ccc2c(c1OC)C(=O)O[C@H]2[C@@H]1c2ccccc2CCN1C. The molecule has 0 N–H and O–H groups in total. The first kappa shape index (κ1) is 16.0. The summed E-state index contributed by atoms with van der Waals surface area (Å²) < 4.78 is 16.6.